The highest BCUT2D eigenvalue weighted by Gasteiger charge is 2.27. The Kier molecular flexibility index (Phi) is 5.14. The van der Waals surface area contributed by atoms with Crippen molar-refractivity contribution in [3.63, 3.8) is 0 Å². The number of aromatic nitrogens is 1. The van der Waals surface area contributed by atoms with Gasteiger partial charge in [0.15, 0.2) is 23.3 Å². The lowest BCUT2D eigenvalue weighted by molar-refractivity contribution is 0.100. The third-order valence-electron chi connectivity index (χ3n) is 5.15. The highest BCUT2D eigenvalue weighted by molar-refractivity contribution is 6.17. The number of halogens is 5. The van der Waals surface area contributed by atoms with Gasteiger partial charge in [0.25, 0.3) is 0 Å². The third kappa shape index (κ3) is 3.21. The lowest BCUT2D eigenvalue weighted by atomic mass is 10.0. The van der Waals surface area contributed by atoms with E-state index < -0.39 is 47.1 Å². The number of methoxy groups -OCH3 is 1. The molecule has 0 saturated heterocycles. The maximum atomic E-state index is 14.4. The Morgan fingerprint density at radius 3 is 2.19 bits per heavy atom. The number of benzene rings is 3. The summed E-state index contributed by atoms with van der Waals surface area (Å²) in [5, 5.41) is 0.950. The number of rotatable bonds is 5. The molecule has 2 N–H and O–H groups in total. The summed E-state index contributed by atoms with van der Waals surface area (Å²) in [5.41, 5.74) is 6.14. The van der Waals surface area contributed by atoms with Gasteiger partial charge in [-0.25, -0.2) is 22.0 Å². The fourth-order valence-corrected chi connectivity index (χ4v) is 3.77. The maximum Gasteiger partial charge on any atom is 0.249 e. The van der Waals surface area contributed by atoms with Crippen LogP contribution in [0, 0.1) is 29.1 Å². The number of hydrogen-bond donors (Lipinski definition) is 1. The van der Waals surface area contributed by atoms with Crippen molar-refractivity contribution in [1.82, 2.24) is 4.57 Å². The van der Waals surface area contributed by atoms with E-state index in [0.717, 1.165) is 0 Å². The Bertz CT molecular complexity index is 1330. The predicted molar refractivity (Wildman–Crippen MR) is 104 cm³/mol. The lowest BCUT2D eigenvalue weighted by Crippen LogP contribution is -2.12. The molecule has 0 spiro atoms. The Morgan fingerprint density at radius 1 is 0.935 bits per heavy atom. The van der Waals surface area contributed by atoms with E-state index >= 15 is 0 Å². The van der Waals surface area contributed by atoms with Crippen LogP contribution in [0.2, 0.25) is 0 Å². The molecular weight excluding hydrogens is 419 g/mol. The minimum absolute atomic E-state index is 0.165. The number of amides is 1. The van der Waals surface area contributed by atoms with Crippen LogP contribution in [0.5, 0.6) is 0 Å². The van der Waals surface area contributed by atoms with E-state index in [-0.39, 0.29) is 12.2 Å². The van der Waals surface area contributed by atoms with Crippen molar-refractivity contribution < 1.29 is 31.5 Å². The number of carbonyl (C=O) groups is 1. The molecule has 4 aromatic rings. The van der Waals surface area contributed by atoms with E-state index in [1.165, 1.54) is 23.8 Å². The molecule has 0 aliphatic carbocycles. The normalized spacial score (nSPS) is 11.5. The fraction of sp³-hybridized carbons (Fsp3) is 0.136. The zero-order chi connectivity index (χ0) is 22.4. The van der Waals surface area contributed by atoms with E-state index in [4.69, 9.17) is 10.5 Å². The van der Waals surface area contributed by atoms with Gasteiger partial charge in [0.05, 0.1) is 18.7 Å². The summed E-state index contributed by atoms with van der Waals surface area (Å²) >= 11 is 0. The Hall–Kier alpha value is -3.46. The van der Waals surface area contributed by atoms with E-state index in [1.54, 1.807) is 24.3 Å². The second kappa shape index (κ2) is 7.66. The van der Waals surface area contributed by atoms with Gasteiger partial charge >= 0.3 is 0 Å². The highest BCUT2D eigenvalue weighted by Crippen LogP contribution is 2.34. The predicted octanol–water partition coefficient (Wildman–Crippen LogP) is 4.78. The Balaban J connectivity index is 2.07. The molecule has 0 saturated carbocycles. The van der Waals surface area contributed by atoms with E-state index in [9.17, 15) is 26.7 Å². The van der Waals surface area contributed by atoms with E-state index in [1.807, 2.05) is 0 Å². The third-order valence-corrected chi connectivity index (χ3v) is 5.15. The number of fused-ring (bicyclic) bond motifs is 3. The van der Waals surface area contributed by atoms with Crippen LogP contribution in [0.25, 0.3) is 21.8 Å². The largest absolute Gasteiger partial charge is 0.380 e. The first-order chi connectivity index (χ1) is 14.8. The molecule has 0 aliphatic heterocycles. The molecule has 0 atom stereocenters. The summed E-state index contributed by atoms with van der Waals surface area (Å²) in [6.07, 6.45) is 0. The minimum Gasteiger partial charge on any atom is -0.380 e. The average Bonchev–Trinajstić information content (AvgIpc) is 3.07. The lowest BCUT2D eigenvalue weighted by Gasteiger charge is -2.12. The summed E-state index contributed by atoms with van der Waals surface area (Å²) in [7, 11) is 1.49. The number of nitrogens with zero attached hydrogens (tertiary/aromatic N) is 1. The van der Waals surface area contributed by atoms with Crippen LogP contribution in [0.15, 0.2) is 36.4 Å². The zero-order valence-electron chi connectivity index (χ0n) is 16.1. The standard InChI is InChI=1S/C22H15F5N2O2/c1-31-9-10-5-6-11-15(7-10)29(14-4-2-3-12(16(11)14)22(28)30)8-13-17(23)19(25)21(27)20(26)18(13)24/h2-7H,8-9H2,1H3,(H2,28,30). The smallest absolute Gasteiger partial charge is 0.249 e. The van der Waals surface area contributed by atoms with E-state index in [2.05, 4.69) is 0 Å². The number of carbonyl (C=O) groups excluding carboxylic acids is 1. The molecule has 0 aliphatic rings. The molecule has 31 heavy (non-hydrogen) atoms. The van der Waals surface area contributed by atoms with Crippen molar-refractivity contribution in [3.8, 4) is 0 Å². The molecule has 0 fully saturated rings. The van der Waals surface area contributed by atoms with Gasteiger partial charge in [-0.05, 0) is 23.8 Å². The van der Waals surface area contributed by atoms with Crippen molar-refractivity contribution in [2.45, 2.75) is 13.2 Å². The Labute approximate surface area is 172 Å². The van der Waals surface area contributed by atoms with Crippen LogP contribution in [0.4, 0.5) is 22.0 Å². The van der Waals surface area contributed by atoms with Crippen LogP contribution in [-0.2, 0) is 17.9 Å². The minimum atomic E-state index is -2.22. The van der Waals surface area contributed by atoms with Gasteiger partial charge in [-0.1, -0.05) is 18.2 Å². The molecule has 1 aromatic heterocycles. The van der Waals surface area contributed by atoms with Crippen molar-refractivity contribution in [3.05, 3.63) is 82.2 Å². The van der Waals surface area contributed by atoms with Crippen LogP contribution in [0.1, 0.15) is 21.5 Å². The van der Waals surface area contributed by atoms with Gasteiger partial charge in [0.2, 0.25) is 11.7 Å². The van der Waals surface area contributed by atoms with Crippen molar-refractivity contribution in [2.75, 3.05) is 7.11 Å². The maximum absolute atomic E-state index is 14.4. The van der Waals surface area contributed by atoms with Gasteiger partial charge in [0, 0.05) is 34.5 Å². The van der Waals surface area contributed by atoms with E-state index in [0.29, 0.717) is 27.4 Å². The molecule has 1 amide bonds. The van der Waals surface area contributed by atoms with Crippen LogP contribution in [0.3, 0.4) is 0 Å². The summed E-state index contributed by atoms with van der Waals surface area (Å²) < 4.78 is 76.2. The molecule has 160 valence electrons. The number of hydrogen-bond acceptors (Lipinski definition) is 2. The van der Waals surface area contributed by atoms with Crippen LogP contribution < -0.4 is 5.73 Å². The first-order valence-electron chi connectivity index (χ1n) is 9.09. The molecule has 1 heterocycles. The van der Waals surface area contributed by atoms with Gasteiger partial charge in [-0.2, -0.15) is 0 Å². The molecule has 0 unspecified atom stereocenters. The second-order valence-corrected chi connectivity index (χ2v) is 6.98. The first-order valence-corrected chi connectivity index (χ1v) is 9.09. The molecular formula is C22H15F5N2O2. The van der Waals surface area contributed by atoms with Crippen molar-refractivity contribution in [2.24, 2.45) is 5.73 Å². The summed E-state index contributed by atoms with van der Waals surface area (Å²) in [4.78, 5) is 12.0. The molecule has 9 heteroatoms. The molecule has 0 bridgehead atoms. The average molecular weight is 434 g/mol. The van der Waals surface area contributed by atoms with Crippen molar-refractivity contribution in [1.29, 1.82) is 0 Å². The van der Waals surface area contributed by atoms with Gasteiger partial charge in [-0.3, -0.25) is 4.79 Å². The zero-order valence-corrected chi connectivity index (χ0v) is 16.1. The number of nitrogens with two attached hydrogens (primary N) is 1. The summed E-state index contributed by atoms with van der Waals surface area (Å²) in [5.74, 6) is -10.8. The van der Waals surface area contributed by atoms with Gasteiger partial charge in [-0.15, -0.1) is 0 Å². The molecule has 4 rings (SSSR count). The quantitative estimate of drug-likeness (QED) is 0.279. The van der Waals surface area contributed by atoms with Gasteiger partial charge < -0.3 is 15.0 Å². The molecule has 4 nitrogen and oxygen atoms in total. The van der Waals surface area contributed by atoms with Crippen LogP contribution in [-0.4, -0.2) is 17.6 Å². The van der Waals surface area contributed by atoms with Crippen molar-refractivity contribution >= 4 is 27.7 Å². The van der Waals surface area contributed by atoms with Crippen LogP contribution >= 0.6 is 0 Å². The first kappa shape index (κ1) is 20.8. The second-order valence-electron chi connectivity index (χ2n) is 6.98. The number of ether oxygens (including phenoxy) is 1. The monoisotopic (exact) mass is 434 g/mol. The van der Waals surface area contributed by atoms with Gasteiger partial charge in [0.1, 0.15) is 0 Å². The Morgan fingerprint density at radius 2 is 1.58 bits per heavy atom. The topological polar surface area (TPSA) is 57.2 Å². The fourth-order valence-electron chi connectivity index (χ4n) is 3.77. The number of primary amides is 1. The summed E-state index contributed by atoms with van der Waals surface area (Å²) in [6, 6.07) is 9.68. The SMILES string of the molecule is COCc1ccc2c3c(C(N)=O)cccc3n(Cc3c(F)c(F)c(F)c(F)c3F)c2c1. The summed E-state index contributed by atoms with van der Waals surface area (Å²) in [6.45, 7) is -0.437. The highest BCUT2D eigenvalue weighted by atomic mass is 19.2. The molecule has 0 radical (unpaired) electrons. The molecule has 3 aromatic carbocycles.